The van der Waals surface area contributed by atoms with Crippen molar-refractivity contribution in [2.24, 2.45) is 0 Å². The highest BCUT2D eigenvalue weighted by molar-refractivity contribution is 6.30. The van der Waals surface area contributed by atoms with Gasteiger partial charge in [0, 0.05) is 24.2 Å². The maximum Gasteiger partial charge on any atom is 0.0473 e. The second kappa shape index (κ2) is 8.18. The van der Waals surface area contributed by atoms with Crippen molar-refractivity contribution in [1.29, 1.82) is 0 Å². The maximum atomic E-state index is 6.08. The monoisotopic (exact) mass is 302 g/mol. The summed E-state index contributed by atoms with van der Waals surface area (Å²) in [6.07, 6.45) is 0. The molecule has 2 nitrogen and oxygen atoms in total. The van der Waals surface area contributed by atoms with Crippen molar-refractivity contribution in [1.82, 2.24) is 10.2 Å². The second-order valence-electron chi connectivity index (χ2n) is 5.28. The van der Waals surface area contributed by atoms with Crippen LogP contribution in [0.1, 0.15) is 24.1 Å². The number of halogens is 1. The van der Waals surface area contributed by atoms with E-state index in [2.05, 4.69) is 60.6 Å². The van der Waals surface area contributed by atoms with Crippen molar-refractivity contribution in [3.63, 3.8) is 0 Å². The smallest absolute Gasteiger partial charge is 0.0473 e. The summed E-state index contributed by atoms with van der Waals surface area (Å²) in [5, 5.41) is 4.25. The third-order valence-electron chi connectivity index (χ3n) is 3.63. The number of benzene rings is 2. The van der Waals surface area contributed by atoms with Gasteiger partial charge in [-0.15, -0.1) is 0 Å². The van der Waals surface area contributed by atoms with E-state index in [9.17, 15) is 0 Å². The molecular weight excluding hydrogens is 280 g/mol. The first-order valence-corrected chi connectivity index (χ1v) is 7.79. The summed E-state index contributed by atoms with van der Waals surface area (Å²) in [5.41, 5.74) is 2.57. The van der Waals surface area contributed by atoms with E-state index in [-0.39, 0.29) is 0 Å². The van der Waals surface area contributed by atoms with Crippen LogP contribution >= 0.6 is 11.6 Å². The molecule has 0 amide bonds. The van der Waals surface area contributed by atoms with Crippen LogP contribution in [0.3, 0.4) is 0 Å². The van der Waals surface area contributed by atoms with Crippen LogP contribution in [0.2, 0.25) is 5.02 Å². The summed E-state index contributed by atoms with van der Waals surface area (Å²) >= 11 is 6.08. The Hall–Kier alpha value is -1.35. The topological polar surface area (TPSA) is 15.3 Å². The van der Waals surface area contributed by atoms with E-state index in [4.69, 9.17) is 11.6 Å². The molecular formula is C18H23ClN2. The molecule has 0 aliphatic carbocycles. The molecule has 2 rings (SSSR count). The lowest BCUT2D eigenvalue weighted by Gasteiger charge is -2.29. The van der Waals surface area contributed by atoms with E-state index >= 15 is 0 Å². The lowest BCUT2D eigenvalue weighted by atomic mass is 10.0. The lowest BCUT2D eigenvalue weighted by molar-refractivity contribution is 0.231. The van der Waals surface area contributed by atoms with E-state index in [1.807, 2.05) is 18.2 Å². The summed E-state index contributed by atoms with van der Waals surface area (Å²) < 4.78 is 0. The molecule has 112 valence electrons. The Morgan fingerprint density at radius 2 is 1.86 bits per heavy atom. The summed E-state index contributed by atoms with van der Waals surface area (Å²) in [4.78, 5) is 2.36. The fraction of sp³-hybridized carbons (Fsp3) is 0.333. The molecule has 21 heavy (non-hydrogen) atoms. The van der Waals surface area contributed by atoms with Gasteiger partial charge in [-0.3, -0.25) is 4.90 Å². The number of hydrogen-bond acceptors (Lipinski definition) is 2. The molecule has 0 saturated heterocycles. The fourth-order valence-corrected chi connectivity index (χ4v) is 2.73. The van der Waals surface area contributed by atoms with Crippen LogP contribution in [0.4, 0.5) is 0 Å². The molecule has 0 aliphatic rings. The first-order chi connectivity index (χ1) is 10.2. The van der Waals surface area contributed by atoms with Crippen molar-refractivity contribution in [3.8, 4) is 0 Å². The molecule has 1 unspecified atom stereocenters. The van der Waals surface area contributed by atoms with Gasteiger partial charge in [-0.25, -0.2) is 0 Å². The number of hydrogen-bond donors (Lipinski definition) is 1. The van der Waals surface area contributed by atoms with Crippen LogP contribution < -0.4 is 5.32 Å². The average molecular weight is 303 g/mol. The second-order valence-corrected chi connectivity index (χ2v) is 5.72. The van der Waals surface area contributed by atoms with Gasteiger partial charge in [0.1, 0.15) is 0 Å². The van der Waals surface area contributed by atoms with Gasteiger partial charge in [-0.1, -0.05) is 61.0 Å². The minimum absolute atomic E-state index is 0.352. The molecule has 0 radical (unpaired) electrons. The Bertz CT molecular complexity index is 542. The average Bonchev–Trinajstić information content (AvgIpc) is 2.49. The predicted octanol–water partition coefficient (Wildman–Crippen LogP) is 4.12. The van der Waals surface area contributed by atoms with Gasteiger partial charge in [0.2, 0.25) is 0 Å². The highest BCUT2D eigenvalue weighted by Gasteiger charge is 2.16. The van der Waals surface area contributed by atoms with Crippen LogP contribution in [0.25, 0.3) is 0 Å². The summed E-state index contributed by atoms with van der Waals surface area (Å²) in [6, 6.07) is 19.1. The van der Waals surface area contributed by atoms with Crippen LogP contribution in [0.5, 0.6) is 0 Å². The molecule has 0 heterocycles. The Labute approximate surface area is 132 Å². The van der Waals surface area contributed by atoms with Gasteiger partial charge in [0.15, 0.2) is 0 Å². The molecule has 0 bridgehead atoms. The van der Waals surface area contributed by atoms with Crippen molar-refractivity contribution in [3.05, 3.63) is 70.7 Å². The largest absolute Gasteiger partial charge is 0.315 e. The number of nitrogens with one attached hydrogen (secondary N) is 1. The van der Waals surface area contributed by atoms with E-state index in [0.717, 1.165) is 24.7 Å². The fourth-order valence-electron chi connectivity index (χ4n) is 2.52. The first-order valence-electron chi connectivity index (χ1n) is 7.41. The van der Waals surface area contributed by atoms with Gasteiger partial charge in [0.25, 0.3) is 0 Å². The molecule has 1 atom stereocenters. The highest BCUT2D eigenvalue weighted by atomic mass is 35.5. The number of rotatable bonds is 7. The van der Waals surface area contributed by atoms with Gasteiger partial charge in [0.05, 0.1) is 0 Å². The van der Waals surface area contributed by atoms with Crippen LogP contribution in [0.15, 0.2) is 54.6 Å². The van der Waals surface area contributed by atoms with Gasteiger partial charge in [-0.2, -0.15) is 0 Å². The molecule has 0 aromatic heterocycles. The third-order valence-corrected chi connectivity index (χ3v) is 3.86. The Morgan fingerprint density at radius 1 is 1.10 bits per heavy atom. The molecule has 0 spiro atoms. The van der Waals surface area contributed by atoms with Crippen molar-refractivity contribution >= 4 is 11.6 Å². The third kappa shape index (κ3) is 4.85. The van der Waals surface area contributed by atoms with E-state index in [0.29, 0.717) is 6.04 Å². The Morgan fingerprint density at radius 3 is 2.52 bits per heavy atom. The Balaban J connectivity index is 2.12. The van der Waals surface area contributed by atoms with Gasteiger partial charge in [-0.05, 0) is 36.9 Å². The van der Waals surface area contributed by atoms with Crippen LogP contribution in [0, 0.1) is 0 Å². The Kier molecular flexibility index (Phi) is 6.24. The van der Waals surface area contributed by atoms with Crippen molar-refractivity contribution in [2.75, 3.05) is 20.1 Å². The lowest BCUT2D eigenvalue weighted by Crippen LogP contribution is -2.33. The minimum Gasteiger partial charge on any atom is -0.315 e. The summed E-state index contributed by atoms with van der Waals surface area (Å²) in [6.45, 7) is 4.94. The molecule has 0 aliphatic heterocycles. The van der Waals surface area contributed by atoms with Crippen molar-refractivity contribution < 1.29 is 0 Å². The van der Waals surface area contributed by atoms with E-state index in [1.54, 1.807) is 0 Å². The molecule has 1 N–H and O–H groups in total. The SMILES string of the molecule is CCNCC(c1ccccc1)N(C)Cc1cccc(Cl)c1. The number of nitrogens with zero attached hydrogens (tertiary/aromatic N) is 1. The number of likely N-dealkylation sites (N-methyl/N-ethyl adjacent to an activating group) is 2. The zero-order valence-corrected chi connectivity index (χ0v) is 13.5. The maximum absolute atomic E-state index is 6.08. The standard InChI is InChI=1S/C18H23ClN2/c1-3-20-13-18(16-9-5-4-6-10-16)21(2)14-15-8-7-11-17(19)12-15/h4-12,18,20H,3,13-14H2,1-2H3. The quantitative estimate of drug-likeness (QED) is 0.827. The summed E-state index contributed by atoms with van der Waals surface area (Å²) in [5.74, 6) is 0. The first kappa shape index (κ1) is 16.0. The highest BCUT2D eigenvalue weighted by Crippen LogP contribution is 2.21. The minimum atomic E-state index is 0.352. The van der Waals surface area contributed by atoms with Crippen molar-refractivity contribution in [2.45, 2.75) is 19.5 Å². The zero-order valence-electron chi connectivity index (χ0n) is 12.7. The predicted molar refractivity (Wildman–Crippen MR) is 90.6 cm³/mol. The van der Waals surface area contributed by atoms with Crippen LogP contribution in [-0.4, -0.2) is 25.0 Å². The molecule has 3 heteroatoms. The van der Waals surface area contributed by atoms with E-state index < -0.39 is 0 Å². The molecule has 2 aromatic rings. The van der Waals surface area contributed by atoms with Gasteiger partial charge < -0.3 is 5.32 Å². The van der Waals surface area contributed by atoms with Crippen LogP contribution in [-0.2, 0) is 6.54 Å². The summed E-state index contributed by atoms with van der Waals surface area (Å²) in [7, 11) is 2.16. The van der Waals surface area contributed by atoms with E-state index in [1.165, 1.54) is 11.1 Å². The normalized spacial score (nSPS) is 12.6. The molecule has 2 aromatic carbocycles. The molecule has 0 saturated carbocycles. The van der Waals surface area contributed by atoms with Gasteiger partial charge >= 0.3 is 0 Å². The zero-order chi connectivity index (χ0) is 15.1. The molecule has 0 fully saturated rings.